The number of ether oxygens (including phenoxy) is 2. The largest absolute Gasteiger partial charge is 0.489 e. The maximum absolute atomic E-state index is 11.9. The number of nitrogens with zero attached hydrogens (tertiary/aromatic N) is 1. The second-order valence-electron chi connectivity index (χ2n) is 4.83. The lowest BCUT2D eigenvalue weighted by Gasteiger charge is -2.09. The average molecular weight is 310 g/mol. The number of rotatable bonds is 7. The van der Waals surface area contributed by atoms with E-state index < -0.39 is 0 Å². The van der Waals surface area contributed by atoms with E-state index in [4.69, 9.17) is 14.7 Å². The fourth-order valence-corrected chi connectivity index (χ4v) is 1.99. The molecule has 5 heteroatoms. The Balaban J connectivity index is 1.92. The molecule has 0 heterocycles. The van der Waals surface area contributed by atoms with Crippen LogP contribution in [0.1, 0.15) is 21.5 Å². The lowest BCUT2D eigenvalue weighted by molar-refractivity contribution is 0.0937. The molecule has 0 bridgehead atoms. The number of hydrogen-bond acceptors (Lipinski definition) is 4. The van der Waals surface area contributed by atoms with Crippen molar-refractivity contribution in [1.29, 1.82) is 5.26 Å². The molecule has 0 aliphatic heterocycles. The highest BCUT2D eigenvalue weighted by Crippen LogP contribution is 2.16. The molecule has 2 aromatic carbocycles. The van der Waals surface area contributed by atoms with E-state index in [1.54, 1.807) is 37.4 Å². The van der Waals surface area contributed by atoms with Crippen LogP contribution in [-0.2, 0) is 11.3 Å². The van der Waals surface area contributed by atoms with Gasteiger partial charge in [-0.25, -0.2) is 0 Å². The molecule has 0 aliphatic rings. The molecule has 1 amide bonds. The van der Waals surface area contributed by atoms with Crippen LogP contribution in [-0.4, -0.2) is 26.2 Å². The summed E-state index contributed by atoms with van der Waals surface area (Å²) in [5.41, 5.74) is 1.99. The third kappa shape index (κ3) is 4.83. The van der Waals surface area contributed by atoms with Gasteiger partial charge in [-0.05, 0) is 30.3 Å². The van der Waals surface area contributed by atoms with Crippen molar-refractivity contribution in [2.45, 2.75) is 6.61 Å². The average Bonchev–Trinajstić information content (AvgIpc) is 2.60. The van der Waals surface area contributed by atoms with Gasteiger partial charge in [0.1, 0.15) is 12.4 Å². The van der Waals surface area contributed by atoms with Crippen LogP contribution in [0.25, 0.3) is 0 Å². The van der Waals surface area contributed by atoms with Crippen molar-refractivity contribution in [2.24, 2.45) is 0 Å². The van der Waals surface area contributed by atoms with Crippen molar-refractivity contribution in [2.75, 3.05) is 20.3 Å². The van der Waals surface area contributed by atoms with E-state index >= 15 is 0 Å². The van der Waals surface area contributed by atoms with E-state index in [-0.39, 0.29) is 5.91 Å². The van der Waals surface area contributed by atoms with Gasteiger partial charge in [0.2, 0.25) is 0 Å². The number of nitriles is 1. The number of amides is 1. The fourth-order valence-electron chi connectivity index (χ4n) is 1.99. The Bertz CT molecular complexity index is 690. The lowest BCUT2D eigenvalue weighted by atomic mass is 10.1. The van der Waals surface area contributed by atoms with Crippen LogP contribution in [0.5, 0.6) is 5.75 Å². The predicted molar refractivity (Wildman–Crippen MR) is 86.1 cm³/mol. The number of hydrogen-bond donors (Lipinski definition) is 1. The molecule has 0 atom stereocenters. The van der Waals surface area contributed by atoms with E-state index in [9.17, 15) is 4.79 Å². The van der Waals surface area contributed by atoms with Crippen LogP contribution < -0.4 is 10.1 Å². The number of carbonyl (C=O) groups is 1. The SMILES string of the molecule is COCCNC(=O)c1ccc(OCc2ccccc2C#N)cc1. The zero-order valence-corrected chi connectivity index (χ0v) is 12.9. The highest BCUT2D eigenvalue weighted by atomic mass is 16.5. The molecule has 2 rings (SSSR count). The molecule has 5 nitrogen and oxygen atoms in total. The van der Waals surface area contributed by atoms with Gasteiger partial charge in [0.15, 0.2) is 0 Å². The van der Waals surface area contributed by atoms with Gasteiger partial charge in [0.05, 0.1) is 18.2 Å². The van der Waals surface area contributed by atoms with Gasteiger partial charge in [0, 0.05) is 24.8 Å². The first-order valence-electron chi connectivity index (χ1n) is 7.22. The first kappa shape index (κ1) is 16.5. The van der Waals surface area contributed by atoms with Gasteiger partial charge in [-0.1, -0.05) is 18.2 Å². The number of nitrogens with one attached hydrogen (secondary N) is 1. The van der Waals surface area contributed by atoms with Crippen LogP contribution in [0.15, 0.2) is 48.5 Å². The molecule has 0 saturated heterocycles. The molecule has 0 saturated carbocycles. The molecule has 0 spiro atoms. The maximum Gasteiger partial charge on any atom is 0.251 e. The molecule has 0 unspecified atom stereocenters. The van der Waals surface area contributed by atoms with E-state index in [1.807, 2.05) is 18.2 Å². The second kappa shape index (κ2) is 8.57. The van der Waals surface area contributed by atoms with Gasteiger partial charge in [-0.15, -0.1) is 0 Å². The Labute approximate surface area is 135 Å². The third-order valence-corrected chi connectivity index (χ3v) is 3.24. The minimum Gasteiger partial charge on any atom is -0.489 e. The van der Waals surface area contributed by atoms with E-state index in [0.29, 0.717) is 36.6 Å². The van der Waals surface area contributed by atoms with Gasteiger partial charge >= 0.3 is 0 Å². The molecule has 0 aliphatic carbocycles. The van der Waals surface area contributed by atoms with Crippen molar-refractivity contribution in [3.05, 3.63) is 65.2 Å². The highest BCUT2D eigenvalue weighted by molar-refractivity contribution is 5.94. The summed E-state index contributed by atoms with van der Waals surface area (Å²) in [7, 11) is 1.59. The quantitative estimate of drug-likeness (QED) is 0.798. The molecule has 2 aromatic rings. The predicted octanol–water partition coefficient (Wildman–Crippen LogP) is 2.51. The van der Waals surface area contributed by atoms with Crippen molar-refractivity contribution in [1.82, 2.24) is 5.32 Å². The third-order valence-electron chi connectivity index (χ3n) is 3.24. The molecular weight excluding hydrogens is 292 g/mol. The summed E-state index contributed by atoms with van der Waals surface area (Å²) in [6.07, 6.45) is 0. The summed E-state index contributed by atoms with van der Waals surface area (Å²) in [5.74, 6) is 0.495. The first-order valence-corrected chi connectivity index (χ1v) is 7.22. The summed E-state index contributed by atoms with van der Waals surface area (Å²) in [6, 6.07) is 16.3. The Morgan fingerprint density at radius 3 is 2.61 bits per heavy atom. The lowest BCUT2D eigenvalue weighted by Crippen LogP contribution is -2.26. The molecule has 23 heavy (non-hydrogen) atoms. The normalized spacial score (nSPS) is 9.91. The maximum atomic E-state index is 11.9. The Kier molecular flexibility index (Phi) is 6.16. The first-order chi connectivity index (χ1) is 11.2. The van der Waals surface area contributed by atoms with Crippen LogP contribution >= 0.6 is 0 Å². The Morgan fingerprint density at radius 1 is 1.17 bits per heavy atom. The smallest absolute Gasteiger partial charge is 0.251 e. The van der Waals surface area contributed by atoms with Crippen molar-refractivity contribution < 1.29 is 14.3 Å². The van der Waals surface area contributed by atoms with Gasteiger partial charge in [-0.3, -0.25) is 4.79 Å². The number of methoxy groups -OCH3 is 1. The second-order valence-corrected chi connectivity index (χ2v) is 4.83. The molecular formula is C18H18N2O3. The van der Waals surface area contributed by atoms with Crippen molar-refractivity contribution in [3.63, 3.8) is 0 Å². The van der Waals surface area contributed by atoms with Crippen LogP contribution in [0.2, 0.25) is 0 Å². The Hall–Kier alpha value is -2.84. The van der Waals surface area contributed by atoms with E-state index in [1.165, 1.54) is 0 Å². The number of carbonyl (C=O) groups excluding carboxylic acids is 1. The van der Waals surface area contributed by atoms with Gasteiger partial charge in [-0.2, -0.15) is 5.26 Å². The molecule has 1 N–H and O–H groups in total. The standard InChI is InChI=1S/C18H18N2O3/c1-22-11-10-20-18(21)14-6-8-17(9-7-14)23-13-16-5-3-2-4-15(16)12-19/h2-9H,10-11,13H2,1H3,(H,20,21). The monoisotopic (exact) mass is 310 g/mol. The minimum atomic E-state index is -0.150. The van der Waals surface area contributed by atoms with Crippen molar-refractivity contribution >= 4 is 5.91 Å². The summed E-state index contributed by atoms with van der Waals surface area (Å²) in [5, 5.41) is 11.8. The van der Waals surface area contributed by atoms with Crippen LogP contribution in [0, 0.1) is 11.3 Å². The summed E-state index contributed by atoms with van der Waals surface area (Å²) < 4.78 is 10.5. The minimum absolute atomic E-state index is 0.150. The van der Waals surface area contributed by atoms with Crippen LogP contribution in [0.4, 0.5) is 0 Å². The molecule has 118 valence electrons. The molecule has 0 aromatic heterocycles. The van der Waals surface area contributed by atoms with Crippen molar-refractivity contribution in [3.8, 4) is 11.8 Å². The zero-order valence-electron chi connectivity index (χ0n) is 12.9. The van der Waals surface area contributed by atoms with Gasteiger partial charge in [0.25, 0.3) is 5.91 Å². The highest BCUT2D eigenvalue weighted by Gasteiger charge is 2.06. The van der Waals surface area contributed by atoms with E-state index in [2.05, 4.69) is 11.4 Å². The van der Waals surface area contributed by atoms with E-state index in [0.717, 1.165) is 5.56 Å². The summed E-state index contributed by atoms with van der Waals surface area (Å²) in [6.45, 7) is 1.26. The zero-order chi connectivity index (χ0) is 16.5. The topological polar surface area (TPSA) is 71.3 Å². The fraction of sp³-hybridized carbons (Fsp3) is 0.222. The number of benzene rings is 2. The Morgan fingerprint density at radius 2 is 1.91 bits per heavy atom. The molecule has 0 radical (unpaired) electrons. The summed E-state index contributed by atoms with van der Waals surface area (Å²) in [4.78, 5) is 11.9. The molecule has 0 fully saturated rings. The van der Waals surface area contributed by atoms with Crippen LogP contribution in [0.3, 0.4) is 0 Å². The summed E-state index contributed by atoms with van der Waals surface area (Å²) >= 11 is 0. The van der Waals surface area contributed by atoms with Gasteiger partial charge < -0.3 is 14.8 Å².